The molecule has 1 amide bonds. The topological polar surface area (TPSA) is 23.6 Å². The summed E-state index contributed by atoms with van der Waals surface area (Å²) in [6.07, 6.45) is 7.16. The maximum absolute atomic E-state index is 11.9. The molecular weight excluding hydrogens is 224 g/mol. The Bertz CT molecular complexity index is 241. The number of hydrogen-bond donors (Lipinski definition) is 0. The van der Waals surface area contributed by atoms with Gasteiger partial charge in [-0.15, -0.1) is 0 Å². The highest BCUT2D eigenvalue weighted by atomic mass is 16.2. The average molecular weight is 254 g/mol. The monoisotopic (exact) mass is 254 g/mol. The Hall–Kier alpha value is -0.830. The second kappa shape index (κ2) is 10.1. The Morgan fingerprint density at radius 3 is 1.78 bits per heavy atom. The molecule has 0 fully saturated rings. The summed E-state index contributed by atoms with van der Waals surface area (Å²) in [7, 11) is 1.86. The number of carbonyl (C=O) groups excluding carboxylic acids is 1. The summed E-state index contributed by atoms with van der Waals surface area (Å²) in [6.45, 7) is 11.8. The Labute approximate surface area is 113 Å². The van der Waals surface area contributed by atoms with E-state index in [1.54, 1.807) is 11.9 Å². The lowest BCUT2D eigenvalue weighted by molar-refractivity contribution is -0.141. The van der Waals surface area contributed by atoms with Crippen LogP contribution in [0, 0.1) is 0 Å². The largest absolute Gasteiger partial charge is 0.275 e. The van der Waals surface area contributed by atoms with E-state index >= 15 is 0 Å². The summed E-state index contributed by atoms with van der Waals surface area (Å²) in [5.74, 6) is 0.0306. The summed E-state index contributed by atoms with van der Waals surface area (Å²) < 4.78 is 0. The molecular formula is C15H30N2O. The van der Waals surface area contributed by atoms with Crippen molar-refractivity contribution in [2.45, 2.75) is 59.3 Å². The quantitative estimate of drug-likeness (QED) is 0.338. The molecule has 0 aliphatic heterocycles. The maximum Gasteiger partial charge on any atom is 0.262 e. The van der Waals surface area contributed by atoms with E-state index in [2.05, 4.69) is 25.4 Å². The summed E-state index contributed by atoms with van der Waals surface area (Å²) in [5, 5.41) is 3.91. The molecule has 0 rings (SSSR count). The number of rotatable bonds is 10. The van der Waals surface area contributed by atoms with E-state index in [0.29, 0.717) is 5.57 Å². The number of nitrogens with zero attached hydrogens (tertiary/aromatic N) is 2. The van der Waals surface area contributed by atoms with Gasteiger partial charge in [0.05, 0.1) is 0 Å². The smallest absolute Gasteiger partial charge is 0.262 e. The first kappa shape index (κ1) is 17.2. The molecule has 0 unspecified atom stereocenters. The van der Waals surface area contributed by atoms with Gasteiger partial charge in [-0.1, -0.05) is 46.1 Å². The number of unbranched alkanes of at least 4 members (excludes halogenated alkanes) is 4. The van der Waals surface area contributed by atoms with E-state index in [4.69, 9.17) is 0 Å². The fraction of sp³-hybridized carbons (Fsp3) is 0.800. The molecule has 0 atom stereocenters. The molecule has 106 valence electrons. The summed E-state index contributed by atoms with van der Waals surface area (Å²) >= 11 is 0. The van der Waals surface area contributed by atoms with Crippen LogP contribution in [-0.4, -0.2) is 36.1 Å². The predicted octanol–water partition coefficient (Wildman–Crippen LogP) is 3.62. The molecule has 0 radical (unpaired) electrons. The van der Waals surface area contributed by atoms with E-state index in [-0.39, 0.29) is 5.91 Å². The van der Waals surface area contributed by atoms with Crippen LogP contribution in [0.4, 0.5) is 0 Å². The number of carbonyl (C=O) groups is 1. The minimum atomic E-state index is 0.0306. The van der Waals surface area contributed by atoms with Crippen molar-refractivity contribution in [2.24, 2.45) is 0 Å². The second-order valence-corrected chi connectivity index (χ2v) is 4.98. The van der Waals surface area contributed by atoms with Crippen LogP contribution in [0.1, 0.15) is 59.3 Å². The first-order valence-corrected chi connectivity index (χ1v) is 7.23. The van der Waals surface area contributed by atoms with E-state index in [1.807, 2.05) is 7.05 Å². The van der Waals surface area contributed by atoms with Gasteiger partial charge in [-0.05, 0) is 19.8 Å². The standard InChI is InChI=1S/C15H30N2O/c1-6-8-10-12-17(13-11-9-7-2)16(5)15(18)14(3)4/h3,6-13H2,1-2,4-5H3. The van der Waals surface area contributed by atoms with Crippen LogP contribution in [0.5, 0.6) is 0 Å². The summed E-state index contributed by atoms with van der Waals surface area (Å²) in [5.41, 5.74) is 0.605. The van der Waals surface area contributed by atoms with Crippen molar-refractivity contribution in [3.63, 3.8) is 0 Å². The van der Waals surface area contributed by atoms with Crippen molar-refractivity contribution in [3.05, 3.63) is 12.2 Å². The third kappa shape index (κ3) is 6.80. The van der Waals surface area contributed by atoms with Crippen molar-refractivity contribution >= 4 is 5.91 Å². The third-order valence-corrected chi connectivity index (χ3v) is 3.12. The van der Waals surface area contributed by atoms with Crippen LogP contribution in [0.3, 0.4) is 0 Å². The number of likely N-dealkylation sites (N-methyl/N-ethyl adjacent to an activating group) is 1. The number of hydrogen-bond acceptors (Lipinski definition) is 2. The van der Waals surface area contributed by atoms with Gasteiger partial charge in [-0.3, -0.25) is 9.80 Å². The van der Waals surface area contributed by atoms with Gasteiger partial charge >= 0.3 is 0 Å². The lowest BCUT2D eigenvalue weighted by atomic mass is 10.2. The highest BCUT2D eigenvalue weighted by Gasteiger charge is 2.16. The van der Waals surface area contributed by atoms with Gasteiger partial charge in [0.25, 0.3) is 5.91 Å². The zero-order valence-corrected chi connectivity index (χ0v) is 12.7. The van der Waals surface area contributed by atoms with Crippen LogP contribution >= 0.6 is 0 Å². The highest BCUT2D eigenvalue weighted by Crippen LogP contribution is 2.07. The van der Waals surface area contributed by atoms with Gasteiger partial charge in [-0.2, -0.15) is 0 Å². The first-order chi connectivity index (χ1) is 8.54. The van der Waals surface area contributed by atoms with E-state index in [0.717, 1.165) is 25.9 Å². The lowest BCUT2D eigenvalue weighted by Gasteiger charge is -2.32. The van der Waals surface area contributed by atoms with Crippen molar-refractivity contribution in [1.29, 1.82) is 0 Å². The zero-order chi connectivity index (χ0) is 14.0. The molecule has 0 aromatic carbocycles. The van der Waals surface area contributed by atoms with Gasteiger partial charge in [0.2, 0.25) is 0 Å². The van der Waals surface area contributed by atoms with Crippen molar-refractivity contribution in [2.75, 3.05) is 20.1 Å². The van der Waals surface area contributed by atoms with Crippen LogP contribution in [0.15, 0.2) is 12.2 Å². The molecule has 0 aromatic rings. The van der Waals surface area contributed by atoms with Crippen LogP contribution in [0.2, 0.25) is 0 Å². The van der Waals surface area contributed by atoms with Gasteiger partial charge in [0.15, 0.2) is 0 Å². The molecule has 0 aliphatic carbocycles. The molecule has 3 nitrogen and oxygen atoms in total. The van der Waals surface area contributed by atoms with Gasteiger partial charge in [0.1, 0.15) is 0 Å². The molecule has 3 heteroatoms. The predicted molar refractivity (Wildman–Crippen MR) is 78.2 cm³/mol. The molecule has 0 saturated heterocycles. The minimum absolute atomic E-state index is 0.0306. The average Bonchev–Trinajstić information content (AvgIpc) is 2.35. The van der Waals surface area contributed by atoms with Crippen LogP contribution in [-0.2, 0) is 4.79 Å². The fourth-order valence-corrected chi connectivity index (χ4v) is 1.91. The highest BCUT2D eigenvalue weighted by molar-refractivity contribution is 5.91. The Kier molecular flexibility index (Phi) is 9.66. The van der Waals surface area contributed by atoms with E-state index in [9.17, 15) is 4.79 Å². The maximum atomic E-state index is 11.9. The minimum Gasteiger partial charge on any atom is -0.275 e. The fourth-order valence-electron chi connectivity index (χ4n) is 1.91. The summed E-state index contributed by atoms with van der Waals surface area (Å²) in [4.78, 5) is 11.9. The summed E-state index contributed by atoms with van der Waals surface area (Å²) in [6, 6.07) is 0. The first-order valence-electron chi connectivity index (χ1n) is 7.23. The van der Waals surface area contributed by atoms with Gasteiger partial charge in [-0.25, -0.2) is 5.01 Å². The van der Waals surface area contributed by atoms with Crippen LogP contribution < -0.4 is 0 Å². The van der Waals surface area contributed by atoms with E-state index < -0.39 is 0 Å². The number of hydrazine groups is 1. The second-order valence-electron chi connectivity index (χ2n) is 4.98. The van der Waals surface area contributed by atoms with Crippen molar-refractivity contribution in [3.8, 4) is 0 Å². The van der Waals surface area contributed by atoms with Crippen LogP contribution in [0.25, 0.3) is 0 Å². The zero-order valence-electron chi connectivity index (χ0n) is 12.7. The SMILES string of the molecule is C=C(C)C(=O)N(C)N(CCCCC)CCCCC. The molecule has 18 heavy (non-hydrogen) atoms. The molecule has 0 aliphatic rings. The number of amides is 1. The van der Waals surface area contributed by atoms with Gasteiger partial charge < -0.3 is 0 Å². The molecule has 0 bridgehead atoms. The molecule has 0 spiro atoms. The lowest BCUT2D eigenvalue weighted by Crippen LogP contribution is -2.45. The van der Waals surface area contributed by atoms with Crippen molar-refractivity contribution < 1.29 is 4.79 Å². The van der Waals surface area contributed by atoms with Gasteiger partial charge in [0, 0.05) is 25.7 Å². The van der Waals surface area contributed by atoms with Crippen molar-refractivity contribution in [1.82, 2.24) is 10.0 Å². The Morgan fingerprint density at radius 2 is 1.44 bits per heavy atom. The molecule has 0 N–H and O–H groups in total. The molecule has 0 saturated carbocycles. The molecule has 0 heterocycles. The third-order valence-electron chi connectivity index (χ3n) is 3.12. The van der Waals surface area contributed by atoms with E-state index in [1.165, 1.54) is 25.7 Å². The Morgan fingerprint density at radius 1 is 1.00 bits per heavy atom. The molecule has 0 aromatic heterocycles. The Balaban J connectivity index is 4.32. The normalized spacial score (nSPS) is 10.7.